The standard InChI is InChI=1S/C16H24N4O3/c1-11(21)10-20(12-6-3-2-4-7-12)16(23)19-14-9-5-8-13(18-14)15(17)22/h5,8-9,11-12,21H,2-4,6-7,10H2,1H3,(H2,17,22)(H,18,19,23). The van der Waals surface area contributed by atoms with E-state index in [1.807, 2.05) is 0 Å². The molecule has 7 nitrogen and oxygen atoms in total. The smallest absolute Gasteiger partial charge is 0.323 e. The monoisotopic (exact) mass is 320 g/mol. The van der Waals surface area contributed by atoms with E-state index >= 15 is 0 Å². The van der Waals surface area contributed by atoms with E-state index in [1.165, 1.54) is 12.5 Å². The quantitative estimate of drug-likeness (QED) is 0.767. The third kappa shape index (κ3) is 4.92. The Bertz CT molecular complexity index is 556. The molecule has 4 N–H and O–H groups in total. The molecule has 0 bridgehead atoms. The number of hydrogen-bond donors (Lipinski definition) is 3. The summed E-state index contributed by atoms with van der Waals surface area (Å²) in [4.78, 5) is 29.4. The molecule has 1 unspecified atom stereocenters. The number of amides is 3. The zero-order valence-corrected chi connectivity index (χ0v) is 13.4. The molecule has 0 radical (unpaired) electrons. The number of aliphatic hydroxyl groups is 1. The van der Waals surface area contributed by atoms with Crippen LogP contribution in [0.2, 0.25) is 0 Å². The molecule has 1 fully saturated rings. The van der Waals surface area contributed by atoms with Crippen LogP contribution >= 0.6 is 0 Å². The molecule has 1 aromatic heterocycles. The van der Waals surface area contributed by atoms with Gasteiger partial charge >= 0.3 is 6.03 Å². The average molecular weight is 320 g/mol. The maximum Gasteiger partial charge on any atom is 0.323 e. The second-order valence-electron chi connectivity index (χ2n) is 6.00. The zero-order chi connectivity index (χ0) is 16.8. The highest BCUT2D eigenvalue weighted by molar-refractivity contribution is 5.92. The molecule has 1 atom stereocenters. The summed E-state index contributed by atoms with van der Waals surface area (Å²) in [6.07, 6.45) is 4.63. The minimum absolute atomic E-state index is 0.0996. The van der Waals surface area contributed by atoms with Crippen LogP contribution in [-0.4, -0.2) is 45.6 Å². The van der Waals surface area contributed by atoms with E-state index in [0.29, 0.717) is 0 Å². The van der Waals surface area contributed by atoms with E-state index in [4.69, 9.17) is 5.73 Å². The summed E-state index contributed by atoms with van der Waals surface area (Å²) in [5.41, 5.74) is 5.30. The number of nitrogens with one attached hydrogen (secondary N) is 1. The maximum atomic E-state index is 12.6. The van der Waals surface area contributed by atoms with Crippen LogP contribution in [0, 0.1) is 0 Å². The van der Waals surface area contributed by atoms with Crippen molar-refractivity contribution in [1.29, 1.82) is 0 Å². The lowest BCUT2D eigenvalue weighted by atomic mass is 9.94. The van der Waals surface area contributed by atoms with Crippen molar-refractivity contribution in [2.24, 2.45) is 5.73 Å². The van der Waals surface area contributed by atoms with Gasteiger partial charge in [0.1, 0.15) is 11.5 Å². The normalized spacial score (nSPS) is 16.6. The van der Waals surface area contributed by atoms with Gasteiger partial charge in [-0.3, -0.25) is 10.1 Å². The van der Waals surface area contributed by atoms with Gasteiger partial charge in [-0.15, -0.1) is 0 Å². The van der Waals surface area contributed by atoms with Gasteiger partial charge in [-0.1, -0.05) is 25.3 Å². The lowest BCUT2D eigenvalue weighted by Gasteiger charge is -2.35. The number of rotatable bonds is 5. The Morgan fingerprint density at radius 1 is 1.39 bits per heavy atom. The summed E-state index contributed by atoms with van der Waals surface area (Å²) in [5, 5.41) is 12.4. The van der Waals surface area contributed by atoms with Gasteiger partial charge in [0.05, 0.1) is 6.10 Å². The number of anilines is 1. The van der Waals surface area contributed by atoms with E-state index in [9.17, 15) is 14.7 Å². The first-order valence-electron chi connectivity index (χ1n) is 8.00. The molecule has 3 amide bonds. The van der Waals surface area contributed by atoms with Crippen molar-refractivity contribution in [1.82, 2.24) is 9.88 Å². The van der Waals surface area contributed by atoms with Gasteiger partial charge in [0.15, 0.2) is 0 Å². The molecule has 0 aliphatic heterocycles. The number of pyridine rings is 1. The van der Waals surface area contributed by atoms with Gasteiger partial charge in [-0.05, 0) is 31.9 Å². The summed E-state index contributed by atoms with van der Waals surface area (Å²) in [6, 6.07) is 4.52. The average Bonchev–Trinajstić information content (AvgIpc) is 2.53. The molecule has 0 saturated heterocycles. The Labute approximate surface area is 135 Å². The lowest BCUT2D eigenvalue weighted by molar-refractivity contribution is 0.0995. The topological polar surface area (TPSA) is 109 Å². The van der Waals surface area contributed by atoms with Crippen LogP contribution in [0.3, 0.4) is 0 Å². The van der Waals surface area contributed by atoms with Crippen LogP contribution in [0.15, 0.2) is 18.2 Å². The van der Waals surface area contributed by atoms with Crippen molar-refractivity contribution >= 4 is 17.8 Å². The summed E-state index contributed by atoms with van der Waals surface area (Å²) >= 11 is 0. The van der Waals surface area contributed by atoms with E-state index in [0.717, 1.165) is 25.7 Å². The van der Waals surface area contributed by atoms with Gasteiger partial charge < -0.3 is 15.7 Å². The molecule has 1 heterocycles. The molecule has 0 spiro atoms. The highest BCUT2D eigenvalue weighted by atomic mass is 16.3. The Balaban J connectivity index is 2.10. The second kappa shape index (κ2) is 7.92. The van der Waals surface area contributed by atoms with Crippen LogP contribution in [0.4, 0.5) is 10.6 Å². The van der Waals surface area contributed by atoms with Crippen LogP contribution in [0.25, 0.3) is 0 Å². The molecular weight excluding hydrogens is 296 g/mol. The first kappa shape index (κ1) is 17.2. The van der Waals surface area contributed by atoms with Gasteiger partial charge in [0, 0.05) is 12.6 Å². The first-order chi connectivity index (χ1) is 11.0. The molecule has 1 aromatic rings. The third-order valence-electron chi connectivity index (χ3n) is 3.97. The summed E-state index contributed by atoms with van der Waals surface area (Å²) < 4.78 is 0. The molecule has 1 aliphatic carbocycles. The molecule has 23 heavy (non-hydrogen) atoms. The Morgan fingerprint density at radius 2 is 2.09 bits per heavy atom. The predicted octanol–water partition coefficient (Wildman–Crippen LogP) is 1.73. The van der Waals surface area contributed by atoms with Crippen molar-refractivity contribution in [3.05, 3.63) is 23.9 Å². The van der Waals surface area contributed by atoms with Gasteiger partial charge in [0.25, 0.3) is 5.91 Å². The van der Waals surface area contributed by atoms with Gasteiger partial charge in [-0.25, -0.2) is 9.78 Å². The molecule has 1 saturated carbocycles. The molecular formula is C16H24N4O3. The number of urea groups is 1. The van der Waals surface area contributed by atoms with Crippen LogP contribution in [0.1, 0.15) is 49.5 Å². The minimum Gasteiger partial charge on any atom is -0.392 e. The minimum atomic E-state index is -0.644. The van der Waals surface area contributed by atoms with Crippen molar-refractivity contribution in [3.63, 3.8) is 0 Å². The van der Waals surface area contributed by atoms with Crippen molar-refractivity contribution < 1.29 is 14.7 Å². The van der Waals surface area contributed by atoms with Gasteiger partial charge in [-0.2, -0.15) is 0 Å². The molecule has 126 valence electrons. The number of primary amides is 1. The van der Waals surface area contributed by atoms with E-state index in [1.54, 1.807) is 24.0 Å². The van der Waals surface area contributed by atoms with Crippen LogP contribution < -0.4 is 11.1 Å². The zero-order valence-electron chi connectivity index (χ0n) is 13.4. The Morgan fingerprint density at radius 3 is 2.70 bits per heavy atom. The fourth-order valence-corrected chi connectivity index (χ4v) is 2.90. The van der Waals surface area contributed by atoms with Crippen LogP contribution in [-0.2, 0) is 0 Å². The number of hydrogen-bond acceptors (Lipinski definition) is 4. The summed E-state index contributed by atoms with van der Waals surface area (Å²) in [6.45, 7) is 1.93. The summed E-state index contributed by atoms with van der Waals surface area (Å²) in [5.74, 6) is -0.369. The number of carbonyl (C=O) groups excluding carboxylic acids is 2. The Hall–Kier alpha value is -2.15. The highest BCUT2D eigenvalue weighted by Crippen LogP contribution is 2.23. The molecule has 0 aromatic carbocycles. The van der Waals surface area contributed by atoms with Crippen molar-refractivity contribution in [2.75, 3.05) is 11.9 Å². The van der Waals surface area contributed by atoms with E-state index < -0.39 is 12.0 Å². The number of aromatic nitrogens is 1. The first-order valence-corrected chi connectivity index (χ1v) is 8.00. The fourth-order valence-electron chi connectivity index (χ4n) is 2.90. The van der Waals surface area contributed by atoms with E-state index in [2.05, 4.69) is 10.3 Å². The number of carbonyl (C=O) groups is 2. The van der Waals surface area contributed by atoms with Crippen LogP contribution in [0.5, 0.6) is 0 Å². The molecule has 7 heteroatoms. The SMILES string of the molecule is CC(O)CN(C(=O)Nc1cccc(C(N)=O)n1)C1CCCCC1. The maximum absolute atomic E-state index is 12.6. The number of nitrogens with two attached hydrogens (primary N) is 1. The third-order valence-corrected chi connectivity index (χ3v) is 3.97. The fraction of sp³-hybridized carbons (Fsp3) is 0.562. The Kier molecular flexibility index (Phi) is 5.92. The van der Waals surface area contributed by atoms with Crippen molar-refractivity contribution in [3.8, 4) is 0 Å². The predicted molar refractivity (Wildman–Crippen MR) is 87.0 cm³/mol. The van der Waals surface area contributed by atoms with Gasteiger partial charge in [0.2, 0.25) is 0 Å². The largest absolute Gasteiger partial charge is 0.392 e. The second-order valence-corrected chi connectivity index (χ2v) is 6.00. The highest BCUT2D eigenvalue weighted by Gasteiger charge is 2.26. The summed E-state index contributed by atoms with van der Waals surface area (Å²) in [7, 11) is 0. The number of nitrogens with zero attached hydrogens (tertiary/aromatic N) is 2. The number of aliphatic hydroxyl groups excluding tert-OH is 1. The molecule has 1 aliphatic rings. The molecule has 2 rings (SSSR count). The van der Waals surface area contributed by atoms with Crippen molar-refractivity contribution in [2.45, 2.75) is 51.2 Å². The lowest BCUT2D eigenvalue weighted by Crippen LogP contribution is -2.47. The van der Waals surface area contributed by atoms with E-state index in [-0.39, 0.29) is 30.1 Å².